The third kappa shape index (κ3) is 3.43. The van der Waals surface area contributed by atoms with Crippen LogP contribution in [0.2, 0.25) is 0 Å². The van der Waals surface area contributed by atoms with Crippen LogP contribution in [0.3, 0.4) is 0 Å². The molecule has 2 rings (SSSR count). The van der Waals surface area contributed by atoms with Crippen molar-refractivity contribution in [3.05, 3.63) is 35.4 Å². The summed E-state index contributed by atoms with van der Waals surface area (Å²) in [4.78, 5) is 38.5. The Morgan fingerprint density at radius 1 is 1.27 bits per heavy atom. The van der Waals surface area contributed by atoms with Crippen LogP contribution >= 0.6 is 0 Å². The highest BCUT2D eigenvalue weighted by Crippen LogP contribution is 2.29. The van der Waals surface area contributed by atoms with Gasteiger partial charge in [0.05, 0.1) is 0 Å². The van der Waals surface area contributed by atoms with Gasteiger partial charge in [0.25, 0.3) is 5.91 Å². The van der Waals surface area contributed by atoms with Crippen LogP contribution in [0.1, 0.15) is 44.7 Å². The molecule has 0 bridgehead atoms. The molecule has 0 aliphatic carbocycles. The number of carbonyl (C=O) groups excluding carboxylic acids is 3. The van der Waals surface area contributed by atoms with Gasteiger partial charge in [-0.05, 0) is 32.3 Å². The van der Waals surface area contributed by atoms with Crippen LogP contribution < -0.4 is 10.6 Å². The molecule has 1 heterocycles. The number of hydrogen-bond acceptors (Lipinski definition) is 3. The van der Waals surface area contributed by atoms with Crippen LogP contribution in [0.5, 0.6) is 0 Å². The van der Waals surface area contributed by atoms with Gasteiger partial charge in [0.2, 0.25) is 5.91 Å². The average molecular weight is 355 g/mol. The number of nitrogens with zero attached hydrogens (tertiary/aromatic N) is 1. The summed E-state index contributed by atoms with van der Waals surface area (Å²) in [7, 11) is 0. The van der Waals surface area contributed by atoms with Gasteiger partial charge in [0, 0.05) is 0 Å². The monoisotopic (exact) mass is 355 g/mol. The first kappa shape index (κ1) is 19.5. The molecule has 6 heteroatoms. The van der Waals surface area contributed by atoms with Crippen LogP contribution in [-0.2, 0) is 15.1 Å². The highest BCUT2D eigenvalue weighted by molar-refractivity contribution is 6.09. The molecule has 2 N–H and O–H groups in total. The first-order valence-electron chi connectivity index (χ1n) is 8.71. The third-order valence-corrected chi connectivity index (χ3v) is 5.07. The number of hydrogen-bond donors (Lipinski definition) is 2. The Bertz CT molecular complexity index is 760. The zero-order chi connectivity index (χ0) is 19.5. The normalized spacial score (nSPS) is 19.9. The van der Waals surface area contributed by atoms with Gasteiger partial charge in [0.1, 0.15) is 17.6 Å². The number of amides is 4. The lowest BCUT2D eigenvalue weighted by Crippen LogP contribution is -2.51. The molecule has 6 nitrogen and oxygen atoms in total. The summed E-state index contributed by atoms with van der Waals surface area (Å²) in [6.07, 6.45) is 6.67. The van der Waals surface area contributed by atoms with E-state index in [1.165, 1.54) is 0 Å². The Balaban J connectivity index is 2.18. The first-order valence-corrected chi connectivity index (χ1v) is 8.71. The Labute approximate surface area is 154 Å². The molecule has 0 aromatic heterocycles. The average Bonchev–Trinajstić information content (AvgIpc) is 2.84. The highest BCUT2D eigenvalue weighted by Gasteiger charge is 2.49. The van der Waals surface area contributed by atoms with Gasteiger partial charge in [0.15, 0.2) is 0 Å². The minimum atomic E-state index is -1.19. The van der Waals surface area contributed by atoms with E-state index >= 15 is 0 Å². The molecule has 0 saturated carbocycles. The largest absolute Gasteiger partial charge is 0.338 e. The van der Waals surface area contributed by atoms with Gasteiger partial charge in [-0.25, -0.2) is 4.79 Å². The van der Waals surface area contributed by atoms with Gasteiger partial charge < -0.3 is 10.6 Å². The topological polar surface area (TPSA) is 78.5 Å². The maximum absolute atomic E-state index is 12.9. The summed E-state index contributed by atoms with van der Waals surface area (Å²) in [6.45, 7) is 6.98. The van der Waals surface area contributed by atoms with E-state index in [4.69, 9.17) is 6.42 Å². The fourth-order valence-corrected chi connectivity index (χ4v) is 3.04. The Hall–Kier alpha value is -2.81. The third-order valence-electron chi connectivity index (χ3n) is 5.07. The van der Waals surface area contributed by atoms with Crippen molar-refractivity contribution in [1.29, 1.82) is 0 Å². The van der Waals surface area contributed by atoms with Gasteiger partial charge in [-0.1, -0.05) is 49.6 Å². The molecule has 1 aliphatic heterocycles. The number of aryl methyl sites for hydroxylation is 1. The van der Waals surface area contributed by atoms with Crippen molar-refractivity contribution in [2.45, 2.75) is 51.6 Å². The van der Waals surface area contributed by atoms with Gasteiger partial charge in [-0.3, -0.25) is 14.5 Å². The predicted octanol–water partition coefficient (Wildman–Crippen LogP) is 2.07. The van der Waals surface area contributed by atoms with E-state index in [0.29, 0.717) is 18.4 Å². The number of terminal acetylenes is 1. The van der Waals surface area contributed by atoms with E-state index in [9.17, 15) is 14.4 Å². The fraction of sp³-hybridized carbons (Fsp3) is 0.450. The van der Waals surface area contributed by atoms with E-state index in [0.717, 1.165) is 10.5 Å². The molecule has 1 aliphatic rings. The van der Waals surface area contributed by atoms with Crippen molar-refractivity contribution >= 4 is 17.8 Å². The van der Waals surface area contributed by atoms with E-state index in [1.807, 2.05) is 32.9 Å². The van der Waals surface area contributed by atoms with Gasteiger partial charge >= 0.3 is 6.03 Å². The van der Waals surface area contributed by atoms with Crippen LogP contribution in [0.4, 0.5) is 4.79 Å². The second kappa shape index (κ2) is 7.20. The summed E-state index contributed by atoms with van der Waals surface area (Å²) < 4.78 is 0. The minimum absolute atomic E-state index is 0.366. The van der Waals surface area contributed by atoms with Crippen LogP contribution in [0.15, 0.2) is 24.3 Å². The summed E-state index contributed by atoms with van der Waals surface area (Å²) in [6, 6.07) is 6.76. The van der Waals surface area contributed by atoms with Crippen molar-refractivity contribution in [3.63, 3.8) is 0 Å². The summed E-state index contributed by atoms with van der Waals surface area (Å²) in [5.41, 5.74) is -0.236. The van der Waals surface area contributed by atoms with Gasteiger partial charge in [-0.2, -0.15) is 0 Å². The molecule has 26 heavy (non-hydrogen) atoms. The molecule has 138 valence electrons. The van der Waals surface area contributed by atoms with Crippen molar-refractivity contribution in [2.24, 2.45) is 0 Å². The zero-order valence-electron chi connectivity index (χ0n) is 15.7. The molecule has 0 unspecified atom stereocenters. The van der Waals surface area contributed by atoms with E-state index in [2.05, 4.69) is 16.6 Å². The number of benzene rings is 1. The summed E-state index contributed by atoms with van der Waals surface area (Å²) in [5.74, 6) is 1.69. The molecule has 1 atom stereocenters. The molecule has 1 aromatic carbocycles. The van der Waals surface area contributed by atoms with E-state index < -0.39 is 28.9 Å². The summed E-state index contributed by atoms with van der Waals surface area (Å²) in [5, 5.41) is 5.47. The maximum atomic E-state index is 12.9. The lowest BCUT2D eigenvalue weighted by atomic mass is 9.91. The minimum Gasteiger partial charge on any atom is -0.338 e. The van der Waals surface area contributed by atoms with Gasteiger partial charge in [-0.15, -0.1) is 6.42 Å². The molecule has 1 aromatic rings. The lowest BCUT2D eigenvalue weighted by Gasteiger charge is -2.28. The van der Waals surface area contributed by atoms with Crippen LogP contribution in [0.25, 0.3) is 0 Å². The molecule has 0 spiro atoms. The van der Waals surface area contributed by atoms with E-state index in [1.54, 1.807) is 19.1 Å². The van der Waals surface area contributed by atoms with Crippen molar-refractivity contribution in [2.75, 3.05) is 6.54 Å². The predicted molar refractivity (Wildman–Crippen MR) is 99.1 cm³/mol. The number of imide groups is 1. The summed E-state index contributed by atoms with van der Waals surface area (Å²) >= 11 is 0. The fourth-order valence-electron chi connectivity index (χ4n) is 3.04. The number of urea groups is 1. The van der Waals surface area contributed by atoms with Crippen LogP contribution in [0, 0.1) is 19.3 Å². The first-order chi connectivity index (χ1) is 12.2. The number of carbonyl (C=O) groups is 3. The van der Waals surface area contributed by atoms with Crippen molar-refractivity contribution < 1.29 is 14.4 Å². The SMILES string of the molecule is C#CC(CC)(CC)NC(=O)CN1C(=O)N[C@@](C)(c2ccc(C)cc2)C1=O. The van der Waals surface area contributed by atoms with Crippen LogP contribution in [-0.4, -0.2) is 34.8 Å². The Morgan fingerprint density at radius 2 is 1.85 bits per heavy atom. The Kier molecular flexibility index (Phi) is 5.41. The number of rotatable bonds is 6. The molecular formula is C20H25N3O3. The Morgan fingerprint density at radius 3 is 2.35 bits per heavy atom. The second-order valence-corrected chi connectivity index (χ2v) is 6.79. The molecule has 1 fully saturated rings. The van der Waals surface area contributed by atoms with Crippen molar-refractivity contribution in [3.8, 4) is 12.3 Å². The maximum Gasteiger partial charge on any atom is 0.325 e. The zero-order valence-corrected chi connectivity index (χ0v) is 15.7. The standard InChI is InChI=1S/C20H25N3O3/c1-6-20(7-2,8-3)21-16(24)13-23-17(25)19(5,22-18(23)26)15-11-9-14(4)10-12-15/h1,9-12H,7-8,13H2,2-5H3,(H,21,24)(H,22,26)/t19-/m0/s1. The molecular weight excluding hydrogens is 330 g/mol. The molecule has 4 amide bonds. The molecule has 1 saturated heterocycles. The van der Waals surface area contributed by atoms with Crippen molar-refractivity contribution in [1.82, 2.24) is 15.5 Å². The second-order valence-electron chi connectivity index (χ2n) is 6.79. The lowest BCUT2D eigenvalue weighted by molar-refractivity contribution is -0.135. The highest BCUT2D eigenvalue weighted by atomic mass is 16.2. The smallest absolute Gasteiger partial charge is 0.325 e. The number of nitrogens with one attached hydrogen (secondary N) is 2. The quantitative estimate of drug-likeness (QED) is 0.606. The molecule has 0 radical (unpaired) electrons. The van der Waals surface area contributed by atoms with E-state index in [-0.39, 0.29) is 6.54 Å².